The molecule has 0 aromatic heterocycles. The van der Waals surface area contributed by atoms with Crippen molar-refractivity contribution in [2.75, 3.05) is 11.1 Å². The second-order valence-corrected chi connectivity index (χ2v) is 4.05. The Hall–Kier alpha value is -2.69. The van der Waals surface area contributed by atoms with Crippen LogP contribution in [0.3, 0.4) is 0 Å². The summed E-state index contributed by atoms with van der Waals surface area (Å²) in [6.07, 6.45) is 0.592. The van der Waals surface area contributed by atoms with E-state index < -0.39 is 0 Å². The van der Waals surface area contributed by atoms with Crippen LogP contribution in [0.4, 0.5) is 11.4 Å². The zero-order valence-electron chi connectivity index (χ0n) is 10.2. The van der Waals surface area contributed by atoms with Crippen LogP contribution < -0.4 is 11.1 Å². The smallest absolute Gasteiger partial charge is 0.211 e. The molecule has 0 fully saturated rings. The van der Waals surface area contributed by atoms with Gasteiger partial charge < -0.3 is 11.1 Å². The molecule has 0 atom stereocenters. The molecule has 0 unspecified atom stereocenters. The fraction of sp³-hybridized carbons (Fsp3) is 0.0714. The number of hydrogen-bond acceptors (Lipinski definition) is 4. The van der Waals surface area contributed by atoms with Crippen LogP contribution in [0.1, 0.15) is 5.56 Å². The molecule has 0 saturated carbocycles. The molecule has 3 N–H and O–H groups in total. The molecule has 96 valence electrons. The first-order valence-corrected chi connectivity index (χ1v) is 5.72. The Kier molecular flexibility index (Phi) is 3.87. The molecule has 0 spiro atoms. The highest BCUT2D eigenvalue weighted by Gasteiger charge is 2.03. The number of nitrogens with two attached hydrogens (primary N) is 1. The molecule has 2 aromatic rings. The van der Waals surface area contributed by atoms with Crippen LogP contribution in [0.25, 0.3) is 11.1 Å². The predicted octanol–water partition coefficient (Wildman–Crippen LogP) is 2.77. The van der Waals surface area contributed by atoms with Crippen molar-refractivity contribution in [3.05, 3.63) is 52.9 Å². The zero-order valence-corrected chi connectivity index (χ0v) is 10.2. The van der Waals surface area contributed by atoms with Crippen molar-refractivity contribution in [1.82, 2.24) is 0 Å². The number of nitrogens with one attached hydrogen (secondary N) is 1. The van der Waals surface area contributed by atoms with Gasteiger partial charge in [0.1, 0.15) is 6.54 Å². The number of anilines is 2. The Morgan fingerprint density at radius 1 is 1.11 bits per heavy atom. The van der Waals surface area contributed by atoms with Crippen LogP contribution in [0, 0.1) is 4.91 Å². The molecule has 5 nitrogen and oxygen atoms in total. The van der Waals surface area contributed by atoms with Crippen molar-refractivity contribution >= 4 is 17.8 Å². The van der Waals surface area contributed by atoms with Gasteiger partial charge in [0.25, 0.3) is 0 Å². The van der Waals surface area contributed by atoms with Gasteiger partial charge in [0.15, 0.2) is 0 Å². The van der Waals surface area contributed by atoms with E-state index in [4.69, 9.17) is 5.73 Å². The van der Waals surface area contributed by atoms with Gasteiger partial charge in [-0.2, -0.15) is 4.91 Å². The normalized spacial score (nSPS) is 9.89. The number of hydrogen-bond donors (Lipinski definition) is 2. The van der Waals surface area contributed by atoms with Crippen LogP contribution in [-0.4, -0.2) is 6.41 Å². The Balaban J connectivity index is 2.32. The molecule has 2 aromatic carbocycles. The second kappa shape index (κ2) is 5.77. The highest BCUT2D eigenvalue weighted by atomic mass is 16.3. The third kappa shape index (κ3) is 2.95. The molecule has 19 heavy (non-hydrogen) atoms. The lowest BCUT2D eigenvalue weighted by atomic mass is 10.0. The van der Waals surface area contributed by atoms with E-state index in [0.29, 0.717) is 17.8 Å². The van der Waals surface area contributed by atoms with E-state index in [1.54, 1.807) is 12.1 Å². The predicted molar refractivity (Wildman–Crippen MR) is 75.5 cm³/mol. The maximum atomic E-state index is 10.5. The van der Waals surface area contributed by atoms with Crippen LogP contribution in [0.2, 0.25) is 0 Å². The number of benzene rings is 2. The number of rotatable bonds is 5. The first-order valence-electron chi connectivity index (χ1n) is 5.72. The molecule has 0 bridgehead atoms. The minimum Gasteiger partial charge on any atom is -0.397 e. The van der Waals surface area contributed by atoms with Gasteiger partial charge in [-0.25, -0.2) is 0 Å². The van der Waals surface area contributed by atoms with E-state index in [-0.39, 0.29) is 6.54 Å². The van der Waals surface area contributed by atoms with Gasteiger partial charge in [-0.1, -0.05) is 35.5 Å². The molecule has 0 aliphatic rings. The standard InChI is InChI=1S/C14H13N3O2/c15-13-6-5-12(7-14(13)16-9-18)11-3-1-10(2-4-11)8-17-19/h1-7,9H,8,15H2,(H,16,18). The van der Waals surface area contributed by atoms with Crippen molar-refractivity contribution in [2.45, 2.75) is 6.54 Å². The van der Waals surface area contributed by atoms with E-state index in [1.165, 1.54) is 0 Å². The molecule has 1 amide bonds. The summed E-state index contributed by atoms with van der Waals surface area (Å²) in [7, 11) is 0. The third-order valence-electron chi connectivity index (χ3n) is 2.80. The fourth-order valence-electron chi connectivity index (χ4n) is 1.80. The van der Waals surface area contributed by atoms with Crippen molar-refractivity contribution in [3.63, 3.8) is 0 Å². The molecule has 0 aliphatic carbocycles. The van der Waals surface area contributed by atoms with Crippen molar-refractivity contribution < 1.29 is 4.79 Å². The third-order valence-corrected chi connectivity index (χ3v) is 2.80. The number of nitroso groups, excluding NO2 is 1. The maximum Gasteiger partial charge on any atom is 0.211 e. The van der Waals surface area contributed by atoms with Crippen molar-refractivity contribution in [3.8, 4) is 11.1 Å². The largest absolute Gasteiger partial charge is 0.397 e. The number of carbonyl (C=O) groups excluding carboxylic acids is 1. The second-order valence-electron chi connectivity index (χ2n) is 4.05. The van der Waals surface area contributed by atoms with Crippen LogP contribution in [0.5, 0.6) is 0 Å². The molecule has 2 rings (SSSR count). The summed E-state index contributed by atoms with van der Waals surface area (Å²) in [4.78, 5) is 20.7. The Bertz CT molecular complexity index is 594. The SMILES string of the molecule is Nc1ccc(-c2ccc(CN=O)cc2)cc1NC=O. The summed E-state index contributed by atoms with van der Waals surface area (Å²) in [5, 5.41) is 5.40. The van der Waals surface area contributed by atoms with E-state index >= 15 is 0 Å². The quantitative estimate of drug-likeness (QED) is 0.489. The van der Waals surface area contributed by atoms with Gasteiger partial charge >= 0.3 is 0 Å². The molecular weight excluding hydrogens is 242 g/mol. The maximum absolute atomic E-state index is 10.5. The van der Waals surface area contributed by atoms with E-state index in [0.717, 1.165) is 16.7 Å². The van der Waals surface area contributed by atoms with Gasteiger partial charge in [0.2, 0.25) is 6.41 Å². The summed E-state index contributed by atoms with van der Waals surface area (Å²) in [5.74, 6) is 0. The average Bonchev–Trinajstić information content (AvgIpc) is 2.43. The van der Waals surface area contributed by atoms with Gasteiger partial charge in [0, 0.05) is 0 Å². The molecule has 5 heteroatoms. The zero-order chi connectivity index (χ0) is 13.7. The first kappa shape index (κ1) is 12.8. The number of nitrogen functional groups attached to an aromatic ring is 1. The Labute approximate surface area is 110 Å². The molecule has 0 radical (unpaired) electrons. The van der Waals surface area contributed by atoms with Gasteiger partial charge in [0.05, 0.1) is 11.4 Å². The minimum atomic E-state index is 0.167. The lowest BCUT2D eigenvalue weighted by Gasteiger charge is -2.08. The summed E-state index contributed by atoms with van der Waals surface area (Å²) in [6, 6.07) is 12.9. The van der Waals surface area contributed by atoms with Crippen LogP contribution >= 0.6 is 0 Å². The van der Waals surface area contributed by atoms with Gasteiger partial charge in [-0.05, 0) is 28.8 Å². The van der Waals surface area contributed by atoms with Gasteiger partial charge in [-0.3, -0.25) is 4.79 Å². The van der Waals surface area contributed by atoms with Gasteiger partial charge in [-0.15, -0.1) is 0 Å². The summed E-state index contributed by atoms with van der Waals surface area (Å²) < 4.78 is 0. The van der Waals surface area contributed by atoms with E-state index in [2.05, 4.69) is 10.5 Å². The lowest BCUT2D eigenvalue weighted by Crippen LogP contribution is -1.99. The first-order chi connectivity index (χ1) is 9.24. The number of carbonyl (C=O) groups is 1. The van der Waals surface area contributed by atoms with E-state index in [1.807, 2.05) is 30.3 Å². The number of nitrogens with zero attached hydrogens (tertiary/aromatic N) is 1. The van der Waals surface area contributed by atoms with Crippen LogP contribution in [0.15, 0.2) is 47.6 Å². The molecule has 0 heterocycles. The minimum absolute atomic E-state index is 0.167. The lowest BCUT2D eigenvalue weighted by molar-refractivity contribution is -0.105. The Morgan fingerprint density at radius 2 is 1.79 bits per heavy atom. The highest BCUT2D eigenvalue weighted by molar-refractivity contribution is 5.83. The fourth-order valence-corrected chi connectivity index (χ4v) is 1.80. The van der Waals surface area contributed by atoms with Crippen molar-refractivity contribution in [2.24, 2.45) is 5.18 Å². The van der Waals surface area contributed by atoms with Crippen LogP contribution in [-0.2, 0) is 11.3 Å². The number of amides is 1. The topological polar surface area (TPSA) is 84.5 Å². The van der Waals surface area contributed by atoms with Crippen molar-refractivity contribution in [1.29, 1.82) is 0 Å². The summed E-state index contributed by atoms with van der Waals surface area (Å²) in [5.41, 5.74) is 9.61. The van der Waals surface area contributed by atoms with E-state index in [9.17, 15) is 9.70 Å². The summed E-state index contributed by atoms with van der Waals surface area (Å²) >= 11 is 0. The Morgan fingerprint density at radius 3 is 2.42 bits per heavy atom. The highest BCUT2D eigenvalue weighted by Crippen LogP contribution is 2.27. The monoisotopic (exact) mass is 255 g/mol. The molecule has 0 saturated heterocycles. The average molecular weight is 255 g/mol. The molecule has 0 aliphatic heterocycles. The summed E-state index contributed by atoms with van der Waals surface area (Å²) in [6.45, 7) is 0.167. The molecular formula is C14H13N3O2.